The molecule has 1 aliphatic carbocycles. The van der Waals surface area contributed by atoms with Crippen LogP contribution >= 0.6 is 0 Å². The van der Waals surface area contributed by atoms with E-state index >= 15 is 0 Å². The van der Waals surface area contributed by atoms with Crippen molar-refractivity contribution in [1.82, 2.24) is 4.98 Å². The first-order chi connectivity index (χ1) is 13.2. The van der Waals surface area contributed by atoms with E-state index in [1.807, 2.05) is 30.3 Å². The van der Waals surface area contributed by atoms with Crippen molar-refractivity contribution in [2.75, 3.05) is 0 Å². The van der Waals surface area contributed by atoms with Gasteiger partial charge in [-0.2, -0.15) is 0 Å². The van der Waals surface area contributed by atoms with Crippen LogP contribution in [0.1, 0.15) is 16.7 Å². The third kappa shape index (κ3) is 2.50. The van der Waals surface area contributed by atoms with Crippen molar-refractivity contribution in [1.29, 1.82) is 0 Å². The summed E-state index contributed by atoms with van der Waals surface area (Å²) in [5.41, 5.74) is 7.41. The minimum Gasteiger partial charge on any atom is -0.258 e. The van der Waals surface area contributed by atoms with Gasteiger partial charge in [-0.3, -0.25) is 10.1 Å². The van der Waals surface area contributed by atoms with Gasteiger partial charge >= 0.3 is 0 Å². The lowest BCUT2D eigenvalue weighted by Crippen LogP contribution is -1.88. The number of para-hydroxylation sites is 1. The van der Waals surface area contributed by atoms with Crippen LogP contribution in [0.3, 0.4) is 0 Å². The summed E-state index contributed by atoms with van der Waals surface area (Å²) in [5.74, 6) is 0. The van der Waals surface area contributed by atoms with Gasteiger partial charge in [-0.15, -0.1) is 0 Å². The summed E-state index contributed by atoms with van der Waals surface area (Å²) in [6.45, 7) is 0. The predicted octanol–water partition coefficient (Wildman–Crippen LogP) is 5.71. The first-order valence-electron chi connectivity index (χ1n) is 8.67. The molecular formula is C23H14N2O2. The second-order valence-corrected chi connectivity index (χ2v) is 6.53. The van der Waals surface area contributed by atoms with E-state index in [4.69, 9.17) is 4.98 Å². The third-order valence-electron chi connectivity index (χ3n) is 4.90. The van der Waals surface area contributed by atoms with Crippen LogP contribution in [0.4, 0.5) is 5.69 Å². The second kappa shape index (κ2) is 5.88. The third-order valence-corrected chi connectivity index (χ3v) is 4.90. The van der Waals surface area contributed by atoms with Crippen LogP contribution in [0.25, 0.3) is 33.8 Å². The molecule has 0 N–H and O–H groups in total. The summed E-state index contributed by atoms with van der Waals surface area (Å²) in [7, 11) is 0. The molecule has 0 saturated carbocycles. The van der Waals surface area contributed by atoms with Gasteiger partial charge in [0.2, 0.25) is 0 Å². The van der Waals surface area contributed by atoms with Gasteiger partial charge in [0.25, 0.3) is 5.69 Å². The Morgan fingerprint density at radius 3 is 2.30 bits per heavy atom. The number of nitro groups is 1. The Kier molecular flexibility index (Phi) is 3.37. The zero-order valence-corrected chi connectivity index (χ0v) is 14.3. The molecule has 0 fully saturated rings. The van der Waals surface area contributed by atoms with Gasteiger partial charge in [-0.1, -0.05) is 42.5 Å². The molecule has 0 bridgehead atoms. The van der Waals surface area contributed by atoms with Gasteiger partial charge in [-0.05, 0) is 47.0 Å². The van der Waals surface area contributed by atoms with Crippen molar-refractivity contribution >= 4 is 28.2 Å². The van der Waals surface area contributed by atoms with E-state index in [1.165, 1.54) is 12.1 Å². The number of fused-ring (bicyclic) bond motifs is 4. The number of nitrogens with zero attached hydrogens (tertiary/aromatic N) is 2. The number of nitro benzene ring substituents is 1. The molecule has 128 valence electrons. The molecule has 1 aliphatic rings. The molecule has 4 nitrogen and oxygen atoms in total. The summed E-state index contributed by atoms with van der Waals surface area (Å²) >= 11 is 0. The van der Waals surface area contributed by atoms with Crippen LogP contribution in [-0.4, -0.2) is 9.91 Å². The van der Waals surface area contributed by atoms with Crippen molar-refractivity contribution in [2.45, 2.75) is 0 Å². The van der Waals surface area contributed by atoms with Gasteiger partial charge in [0.05, 0.1) is 16.1 Å². The average Bonchev–Trinajstić information content (AvgIpc) is 3.00. The number of aromatic nitrogens is 1. The summed E-state index contributed by atoms with van der Waals surface area (Å²) < 4.78 is 0. The Labute approximate surface area is 155 Å². The van der Waals surface area contributed by atoms with Crippen LogP contribution in [-0.2, 0) is 0 Å². The Hall–Kier alpha value is -3.79. The number of hydrogen-bond donors (Lipinski definition) is 0. The van der Waals surface area contributed by atoms with Crippen LogP contribution in [0, 0.1) is 10.1 Å². The van der Waals surface area contributed by atoms with Crippen LogP contribution < -0.4 is 0 Å². The molecule has 0 spiro atoms. The van der Waals surface area contributed by atoms with E-state index < -0.39 is 0 Å². The molecular weight excluding hydrogens is 336 g/mol. The fourth-order valence-corrected chi connectivity index (χ4v) is 3.61. The van der Waals surface area contributed by atoms with Crippen molar-refractivity contribution in [3.05, 3.63) is 106 Å². The number of benzene rings is 3. The van der Waals surface area contributed by atoms with E-state index in [0.29, 0.717) is 0 Å². The van der Waals surface area contributed by atoms with E-state index in [0.717, 1.165) is 44.4 Å². The molecule has 4 aromatic rings. The number of non-ortho nitro benzene ring substituents is 1. The first kappa shape index (κ1) is 15.5. The lowest BCUT2D eigenvalue weighted by atomic mass is 10.0. The van der Waals surface area contributed by atoms with E-state index in [1.54, 1.807) is 12.1 Å². The standard InChI is InChI=1S/C23H14N2O2/c26-25(27)17-11-9-15(10-12-17)13-20-18-6-2-3-7-19(18)23-21(20)14-16-5-1-4-8-22(16)24-23/h1-14H/b20-13+. The number of pyridine rings is 1. The van der Waals surface area contributed by atoms with Crippen molar-refractivity contribution in [3.63, 3.8) is 0 Å². The monoisotopic (exact) mass is 350 g/mol. The van der Waals surface area contributed by atoms with Gasteiger partial charge in [0.1, 0.15) is 0 Å². The molecule has 0 aliphatic heterocycles. The normalized spacial score (nSPS) is 13.6. The molecule has 0 amide bonds. The highest BCUT2D eigenvalue weighted by Gasteiger charge is 2.25. The molecule has 0 saturated heterocycles. The molecule has 0 radical (unpaired) electrons. The molecule has 0 atom stereocenters. The molecule has 3 aromatic carbocycles. The van der Waals surface area contributed by atoms with Crippen molar-refractivity contribution in [2.24, 2.45) is 0 Å². The highest BCUT2D eigenvalue weighted by atomic mass is 16.6. The largest absolute Gasteiger partial charge is 0.269 e. The topological polar surface area (TPSA) is 56.0 Å². The average molecular weight is 350 g/mol. The van der Waals surface area contributed by atoms with E-state index in [2.05, 4.69) is 30.3 Å². The fraction of sp³-hybridized carbons (Fsp3) is 0. The maximum atomic E-state index is 10.9. The highest BCUT2D eigenvalue weighted by molar-refractivity contribution is 6.07. The van der Waals surface area contributed by atoms with Crippen LogP contribution in [0.2, 0.25) is 0 Å². The maximum absolute atomic E-state index is 10.9. The molecule has 1 aromatic heterocycles. The Balaban J connectivity index is 1.73. The van der Waals surface area contributed by atoms with Gasteiger partial charge in [0, 0.05) is 28.6 Å². The highest BCUT2D eigenvalue weighted by Crippen LogP contribution is 2.44. The quantitative estimate of drug-likeness (QED) is 0.302. The summed E-state index contributed by atoms with van der Waals surface area (Å²) in [4.78, 5) is 15.4. The fourth-order valence-electron chi connectivity index (χ4n) is 3.61. The van der Waals surface area contributed by atoms with Gasteiger partial charge < -0.3 is 0 Å². The van der Waals surface area contributed by atoms with Crippen molar-refractivity contribution in [3.8, 4) is 11.3 Å². The second-order valence-electron chi connectivity index (χ2n) is 6.53. The van der Waals surface area contributed by atoms with Gasteiger partial charge in [-0.25, -0.2) is 4.98 Å². The van der Waals surface area contributed by atoms with Crippen LogP contribution in [0.15, 0.2) is 78.9 Å². The number of hydrogen-bond acceptors (Lipinski definition) is 3. The van der Waals surface area contributed by atoms with E-state index in [9.17, 15) is 10.1 Å². The molecule has 4 heteroatoms. The lowest BCUT2D eigenvalue weighted by molar-refractivity contribution is -0.384. The minimum atomic E-state index is -0.382. The summed E-state index contributed by atoms with van der Waals surface area (Å²) in [6, 6.07) is 25.1. The Morgan fingerprint density at radius 2 is 1.52 bits per heavy atom. The summed E-state index contributed by atoms with van der Waals surface area (Å²) in [6.07, 6.45) is 2.07. The minimum absolute atomic E-state index is 0.0945. The summed E-state index contributed by atoms with van der Waals surface area (Å²) in [5, 5.41) is 12.0. The maximum Gasteiger partial charge on any atom is 0.269 e. The predicted molar refractivity (Wildman–Crippen MR) is 107 cm³/mol. The Bertz CT molecular complexity index is 1240. The smallest absolute Gasteiger partial charge is 0.258 e. The lowest BCUT2D eigenvalue weighted by Gasteiger charge is -2.05. The van der Waals surface area contributed by atoms with Crippen LogP contribution in [0.5, 0.6) is 0 Å². The molecule has 1 heterocycles. The van der Waals surface area contributed by atoms with Crippen molar-refractivity contribution < 1.29 is 4.92 Å². The molecule has 27 heavy (non-hydrogen) atoms. The number of rotatable bonds is 2. The van der Waals surface area contributed by atoms with E-state index in [-0.39, 0.29) is 10.6 Å². The zero-order valence-electron chi connectivity index (χ0n) is 14.3. The zero-order chi connectivity index (χ0) is 18.4. The molecule has 0 unspecified atom stereocenters. The van der Waals surface area contributed by atoms with Gasteiger partial charge in [0.15, 0.2) is 0 Å². The first-order valence-corrected chi connectivity index (χ1v) is 8.67. The molecule has 5 rings (SSSR count). The SMILES string of the molecule is O=[N+]([O-])c1ccc(/C=C2\c3ccccc3-c3nc4ccccc4cc32)cc1. The Morgan fingerprint density at radius 1 is 0.815 bits per heavy atom.